The molecule has 2 N–H and O–H groups in total. The van der Waals surface area contributed by atoms with Crippen LogP contribution in [0, 0.1) is 0 Å². The Bertz CT molecular complexity index is 792. The van der Waals surface area contributed by atoms with Crippen molar-refractivity contribution >= 4 is 23.4 Å². The standard InChI is InChI=1S/C20H21ClN2O3/c21-18-6-2-1-4-15(18)12-16-5-3-11-23(16)20(25)14-7-9-17(10-8-14)26-13-19(22)24/h1-2,4,6-10,16H,3,5,11-13H2,(H2,22,24). The largest absolute Gasteiger partial charge is 0.484 e. The van der Waals surface area contributed by atoms with E-state index in [9.17, 15) is 9.59 Å². The lowest BCUT2D eigenvalue weighted by Gasteiger charge is -2.25. The molecule has 0 radical (unpaired) electrons. The van der Waals surface area contributed by atoms with Crippen LogP contribution in [-0.2, 0) is 11.2 Å². The normalized spacial score (nSPS) is 16.5. The van der Waals surface area contributed by atoms with Crippen molar-refractivity contribution in [1.29, 1.82) is 0 Å². The van der Waals surface area contributed by atoms with Crippen molar-refractivity contribution in [3.05, 3.63) is 64.7 Å². The van der Waals surface area contributed by atoms with Crippen molar-refractivity contribution in [1.82, 2.24) is 4.90 Å². The number of amides is 2. The van der Waals surface area contributed by atoms with Crippen LogP contribution in [0.25, 0.3) is 0 Å². The maximum atomic E-state index is 12.9. The van der Waals surface area contributed by atoms with E-state index in [-0.39, 0.29) is 18.6 Å². The smallest absolute Gasteiger partial charge is 0.255 e. The molecule has 1 atom stereocenters. The number of primary amides is 1. The van der Waals surface area contributed by atoms with Crippen molar-refractivity contribution in [3.8, 4) is 5.75 Å². The third-order valence-corrected chi connectivity index (χ3v) is 4.90. The molecule has 1 fully saturated rings. The number of hydrogen-bond donors (Lipinski definition) is 1. The second-order valence-electron chi connectivity index (χ2n) is 6.37. The minimum Gasteiger partial charge on any atom is -0.484 e. The number of carbonyl (C=O) groups is 2. The Hall–Kier alpha value is -2.53. The Balaban J connectivity index is 1.68. The van der Waals surface area contributed by atoms with Gasteiger partial charge in [-0.1, -0.05) is 29.8 Å². The minimum atomic E-state index is -0.537. The Kier molecular flexibility index (Phi) is 5.78. The number of hydrogen-bond acceptors (Lipinski definition) is 3. The number of halogens is 1. The molecule has 1 aliphatic rings. The highest BCUT2D eigenvalue weighted by molar-refractivity contribution is 6.31. The van der Waals surface area contributed by atoms with Crippen LogP contribution < -0.4 is 10.5 Å². The van der Waals surface area contributed by atoms with Crippen LogP contribution in [0.3, 0.4) is 0 Å². The number of nitrogens with two attached hydrogens (primary N) is 1. The molecule has 5 nitrogen and oxygen atoms in total. The van der Waals surface area contributed by atoms with E-state index < -0.39 is 5.91 Å². The topological polar surface area (TPSA) is 72.6 Å². The zero-order valence-electron chi connectivity index (χ0n) is 14.4. The maximum Gasteiger partial charge on any atom is 0.255 e. The van der Waals surface area contributed by atoms with Crippen LogP contribution in [-0.4, -0.2) is 35.9 Å². The van der Waals surface area contributed by atoms with Crippen molar-refractivity contribution in [2.45, 2.75) is 25.3 Å². The van der Waals surface area contributed by atoms with E-state index in [1.54, 1.807) is 24.3 Å². The predicted octanol–water partition coefficient (Wildman–Crippen LogP) is 3.05. The molecule has 6 heteroatoms. The summed E-state index contributed by atoms with van der Waals surface area (Å²) in [6, 6.07) is 14.7. The zero-order valence-corrected chi connectivity index (χ0v) is 15.1. The summed E-state index contributed by atoms with van der Waals surface area (Å²) in [4.78, 5) is 25.6. The first kappa shape index (κ1) is 18.3. The molecule has 1 heterocycles. The lowest BCUT2D eigenvalue weighted by Crippen LogP contribution is -2.36. The molecular formula is C20H21ClN2O3. The maximum absolute atomic E-state index is 12.9. The zero-order chi connectivity index (χ0) is 18.5. The summed E-state index contributed by atoms with van der Waals surface area (Å²) >= 11 is 6.27. The highest BCUT2D eigenvalue weighted by atomic mass is 35.5. The van der Waals surface area contributed by atoms with Crippen molar-refractivity contribution in [2.24, 2.45) is 5.73 Å². The molecule has 0 saturated carbocycles. The van der Waals surface area contributed by atoms with Gasteiger partial charge in [0.25, 0.3) is 11.8 Å². The fourth-order valence-electron chi connectivity index (χ4n) is 3.25. The fourth-order valence-corrected chi connectivity index (χ4v) is 3.46. The Morgan fingerprint density at radius 1 is 1.15 bits per heavy atom. The van der Waals surface area contributed by atoms with E-state index in [1.165, 1.54) is 0 Å². The summed E-state index contributed by atoms with van der Waals surface area (Å²) in [5.41, 5.74) is 6.72. The van der Waals surface area contributed by atoms with E-state index in [1.807, 2.05) is 29.2 Å². The van der Waals surface area contributed by atoms with E-state index in [4.69, 9.17) is 22.1 Å². The second-order valence-corrected chi connectivity index (χ2v) is 6.78. The highest BCUT2D eigenvalue weighted by Crippen LogP contribution is 2.26. The number of ether oxygens (including phenoxy) is 1. The van der Waals surface area contributed by atoms with Gasteiger partial charge in [-0.3, -0.25) is 9.59 Å². The SMILES string of the molecule is NC(=O)COc1ccc(C(=O)N2CCCC2Cc2ccccc2Cl)cc1. The van der Waals surface area contributed by atoms with Crippen LogP contribution in [0.1, 0.15) is 28.8 Å². The molecule has 2 aromatic rings. The third kappa shape index (κ3) is 4.35. The van der Waals surface area contributed by atoms with Gasteiger partial charge < -0.3 is 15.4 Å². The summed E-state index contributed by atoms with van der Waals surface area (Å²) < 4.78 is 5.23. The average Bonchev–Trinajstić information content (AvgIpc) is 3.10. The molecule has 26 heavy (non-hydrogen) atoms. The summed E-state index contributed by atoms with van der Waals surface area (Å²) in [5, 5.41) is 0.739. The number of rotatable bonds is 6. The van der Waals surface area contributed by atoms with Gasteiger partial charge in [0.05, 0.1) is 0 Å². The summed E-state index contributed by atoms with van der Waals surface area (Å²) in [6.45, 7) is 0.563. The van der Waals surface area contributed by atoms with Gasteiger partial charge >= 0.3 is 0 Å². The van der Waals surface area contributed by atoms with E-state index in [0.717, 1.165) is 36.4 Å². The van der Waals surface area contributed by atoms with Crippen LogP contribution in [0.5, 0.6) is 5.75 Å². The number of nitrogens with zero attached hydrogens (tertiary/aromatic N) is 1. The monoisotopic (exact) mass is 372 g/mol. The molecule has 3 rings (SSSR count). The van der Waals surface area contributed by atoms with E-state index in [0.29, 0.717) is 11.3 Å². The molecular weight excluding hydrogens is 352 g/mol. The summed E-state index contributed by atoms with van der Waals surface area (Å²) in [5.74, 6) is -0.0278. The Labute approximate surface area is 157 Å². The predicted molar refractivity (Wildman–Crippen MR) is 100 cm³/mol. The van der Waals surface area contributed by atoms with Crippen molar-refractivity contribution in [3.63, 3.8) is 0 Å². The third-order valence-electron chi connectivity index (χ3n) is 4.53. The van der Waals surface area contributed by atoms with Gasteiger partial charge in [-0.15, -0.1) is 0 Å². The quantitative estimate of drug-likeness (QED) is 0.847. The van der Waals surface area contributed by atoms with Gasteiger partial charge in [0, 0.05) is 23.2 Å². The first-order chi connectivity index (χ1) is 12.5. The van der Waals surface area contributed by atoms with Crippen molar-refractivity contribution in [2.75, 3.05) is 13.2 Å². The first-order valence-corrected chi connectivity index (χ1v) is 8.98. The molecule has 1 saturated heterocycles. The molecule has 0 aliphatic carbocycles. The Morgan fingerprint density at radius 2 is 1.88 bits per heavy atom. The Morgan fingerprint density at radius 3 is 2.58 bits per heavy atom. The van der Waals surface area contributed by atoms with Crippen LogP contribution in [0.2, 0.25) is 5.02 Å². The van der Waals surface area contributed by atoms with E-state index in [2.05, 4.69) is 0 Å². The van der Waals surface area contributed by atoms with E-state index >= 15 is 0 Å². The molecule has 1 unspecified atom stereocenters. The molecule has 0 spiro atoms. The van der Waals surface area contributed by atoms with Gasteiger partial charge in [0.15, 0.2) is 6.61 Å². The van der Waals surface area contributed by atoms with Gasteiger partial charge in [-0.05, 0) is 55.2 Å². The number of carbonyl (C=O) groups excluding carboxylic acids is 2. The number of likely N-dealkylation sites (tertiary alicyclic amines) is 1. The van der Waals surface area contributed by atoms with Gasteiger partial charge in [0.2, 0.25) is 0 Å². The highest BCUT2D eigenvalue weighted by Gasteiger charge is 2.29. The first-order valence-electron chi connectivity index (χ1n) is 8.60. The van der Waals surface area contributed by atoms with Crippen LogP contribution in [0.4, 0.5) is 0 Å². The molecule has 0 aromatic heterocycles. The molecule has 2 amide bonds. The molecule has 1 aliphatic heterocycles. The van der Waals surface area contributed by atoms with Gasteiger partial charge in [-0.2, -0.15) is 0 Å². The van der Waals surface area contributed by atoms with Gasteiger partial charge in [-0.25, -0.2) is 0 Å². The summed E-state index contributed by atoms with van der Waals surface area (Å²) in [6.07, 6.45) is 2.71. The average molecular weight is 373 g/mol. The lowest BCUT2D eigenvalue weighted by atomic mass is 10.0. The minimum absolute atomic E-state index is 0.000930. The molecule has 136 valence electrons. The van der Waals surface area contributed by atoms with Crippen molar-refractivity contribution < 1.29 is 14.3 Å². The fraction of sp³-hybridized carbons (Fsp3) is 0.300. The molecule has 0 bridgehead atoms. The summed E-state index contributed by atoms with van der Waals surface area (Å²) in [7, 11) is 0. The van der Waals surface area contributed by atoms with Gasteiger partial charge in [0.1, 0.15) is 5.75 Å². The van der Waals surface area contributed by atoms with Crippen LogP contribution >= 0.6 is 11.6 Å². The lowest BCUT2D eigenvalue weighted by molar-refractivity contribution is -0.119. The van der Waals surface area contributed by atoms with Crippen LogP contribution in [0.15, 0.2) is 48.5 Å². The number of benzene rings is 2. The molecule has 2 aromatic carbocycles. The second kappa shape index (κ2) is 8.23.